The number of rotatable bonds is 3. The van der Waals surface area contributed by atoms with Crippen molar-refractivity contribution in [2.45, 2.75) is 26.7 Å². The zero-order valence-corrected chi connectivity index (χ0v) is 11.6. The molecule has 2 aromatic rings. The molecule has 1 heterocycles. The summed E-state index contributed by atoms with van der Waals surface area (Å²) < 4.78 is 5.14. The SMILES string of the molecule is COc1ccc(-c2nc(C)nc(C(C)C)n2)cc1N. The first-order chi connectivity index (χ1) is 9.01. The molecule has 0 radical (unpaired) electrons. The van der Waals surface area contributed by atoms with Crippen molar-refractivity contribution in [1.29, 1.82) is 0 Å². The highest BCUT2D eigenvalue weighted by molar-refractivity contribution is 5.66. The third-order valence-electron chi connectivity index (χ3n) is 2.77. The number of methoxy groups -OCH3 is 1. The Bertz CT molecular complexity index is 596. The Hall–Kier alpha value is -2.17. The molecule has 2 N–H and O–H groups in total. The molecule has 0 atom stereocenters. The van der Waals surface area contributed by atoms with Crippen molar-refractivity contribution in [3.8, 4) is 17.1 Å². The Balaban J connectivity index is 2.49. The van der Waals surface area contributed by atoms with E-state index in [9.17, 15) is 0 Å². The molecule has 0 fully saturated rings. The Morgan fingerprint density at radius 1 is 1.16 bits per heavy atom. The van der Waals surface area contributed by atoms with Crippen LogP contribution in [0.2, 0.25) is 0 Å². The zero-order valence-electron chi connectivity index (χ0n) is 11.6. The number of nitrogens with zero attached hydrogens (tertiary/aromatic N) is 3. The second-order valence-electron chi connectivity index (χ2n) is 4.68. The van der Waals surface area contributed by atoms with Crippen molar-refractivity contribution in [3.05, 3.63) is 29.8 Å². The van der Waals surface area contributed by atoms with E-state index in [2.05, 4.69) is 28.8 Å². The molecule has 0 bridgehead atoms. The van der Waals surface area contributed by atoms with Crippen LogP contribution in [0.4, 0.5) is 5.69 Å². The van der Waals surface area contributed by atoms with Crippen LogP contribution >= 0.6 is 0 Å². The Kier molecular flexibility index (Phi) is 3.64. The van der Waals surface area contributed by atoms with Crippen LogP contribution < -0.4 is 10.5 Å². The third-order valence-corrected chi connectivity index (χ3v) is 2.77. The molecule has 0 saturated carbocycles. The van der Waals surface area contributed by atoms with E-state index in [4.69, 9.17) is 10.5 Å². The van der Waals surface area contributed by atoms with Gasteiger partial charge in [0.05, 0.1) is 12.8 Å². The van der Waals surface area contributed by atoms with Crippen molar-refractivity contribution >= 4 is 5.69 Å². The van der Waals surface area contributed by atoms with Gasteiger partial charge in [0, 0.05) is 11.5 Å². The van der Waals surface area contributed by atoms with Crippen molar-refractivity contribution < 1.29 is 4.74 Å². The minimum Gasteiger partial charge on any atom is -0.495 e. The maximum Gasteiger partial charge on any atom is 0.163 e. The lowest BCUT2D eigenvalue weighted by molar-refractivity contribution is 0.417. The van der Waals surface area contributed by atoms with Crippen molar-refractivity contribution in [1.82, 2.24) is 15.0 Å². The number of hydrogen-bond donors (Lipinski definition) is 1. The van der Waals surface area contributed by atoms with Crippen molar-refractivity contribution in [2.75, 3.05) is 12.8 Å². The molecule has 0 amide bonds. The van der Waals surface area contributed by atoms with Crippen molar-refractivity contribution in [3.63, 3.8) is 0 Å². The first-order valence-corrected chi connectivity index (χ1v) is 6.17. The van der Waals surface area contributed by atoms with Crippen LogP contribution in [0.25, 0.3) is 11.4 Å². The zero-order chi connectivity index (χ0) is 14.0. The number of aromatic nitrogens is 3. The van der Waals surface area contributed by atoms with Crippen LogP contribution in [-0.4, -0.2) is 22.1 Å². The van der Waals surface area contributed by atoms with Gasteiger partial charge in [-0.25, -0.2) is 15.0 Å². The fraction of sp³-hybridized carbons (Fsp3) is 0.357. The van der Waals surface area contributed by atoms with Gasteiger partial charge >= 0.3 is 0 Å². The molecule has 1 aromatic heterocycles. The van der Waals surface area contributed by atoms with Gasteiger partial charge < -0.3 is 10.5 Å². The smallest absolute Gasteiger partial charge is 0.163 e. The monoisotopic (exact) mass is 258 g/mol. The number of aryl methyl sites for hydroxylation is 1. The summed E-state index contributed by atoms with van der Waals surface area (Å²) in [6, 6.07) is 5.53. The molecule has 0 aliphatic heterocycles. The summed E-state index contributed by atoms with van der Waals surface area (Å²) >= 11 is 0. The molecular formula is C14H18N4O. The van der Waals surface area contributed by atoms with Crippen LogP contribution in [0.5, 0.6) is 5.75 Å². The molecule has 19 heavy (non-hydrogen) atoms. The van der Waals surface area contributed by atoms with Crippen LogP contribution in [0.1, 0.15) is 31.4 Å². The van der Waals surface area contributed by atoms with E-state index in [1.165, 1.54) is 0 Å². The van der Waals surface area contributed by atoms with Gasteiger partial charge in [-0.3, -0.25) is 0 Å². The molecule has 5 nitrogen and oxygen atoms in total. The molecule has 5 heteroatoms. The average Bonchev–Trinajstić information content (AvgIpc) is 2.37. The number of hydrogen-bond acceptors (Lipinski definition) is 5. The summed E-state index contributed by atoms with van der Waals surface area (Å²) in [4.78, 5) is 13.2. The normalized spacial score (nSPS) is 10.8. The summed E-state index contributed by atoms with van der Waals surface area (Å²) in [5, 5.41) is 0. The summed E-state index contributed by atoms with van der Waals surface area (Å²) in [7, 11) is 1.59. The number of ether oxygens (including phenoxy) is 1. The molecule has 0 saturated heterocycles. The minimum absolute atomic E-state index is 0.260. The van der Waals surface area contributed by atoms with Gasteiger partial charge in [0.25, 0.3) is 0 Å². The molecule has 0 aliphatic rings. The van der Waals surface area contributed by atoms with Gasteiger partial charge in [0.2, 0.25) is 0 Å². The topological polar surface area (TPSA) is 73.9 Å². The fourth-order valence-electron chi connectivity index (χ4n) is 1.76. The number of nitrogens with two attached hydrogens (primary N) is 1. The van der Waals surface area contributed by atoms with Gasteiger partial charge in [-0.15, -0.1) is 0 Å². The van der Waals surface area contributed by atoms with E-state index >= 15 is 0 Å². The predicted octanol–water partition coefficient (Wildman–Crippen LogP) is 2.56. The quantitative estimate of drug-likeness (QED) is 0.856. The van der Waals surface area contributed by atoms with Gasteiger partial charge in [-0.2, -0.15) is 0 Å². The molecule has 2 rings (SSSR count). The highest BCUT2D eigenvalue weighted by atomic mass is 16.5. The Labute approximate surface area is 112 Å². The number of anilines is 1. The first-order valence-electron chi connectivity index (χ1n) is 6.17. The lowest BCUT2D eigenvalue weighted by Gasteiger charge is -2.09. The standard InChI is InChI=1S/C14H18N4O/c1-8(2)13-16-9(3)17-14(18-13)10-5-6-12(19-4)11(15)7-10/h5-8H,15H2,1-4H3. The number of benzene rings is 1. The Morgan fingerprint density at radius 2 is 1.89 bits per heavy atom. The van der Waals surface area contributed by atoms with Gasteiger partial charge in [0.1, 0.15) is 17.4 Å². The third kappa shape index (κ3) is 2.81. The Morgan fingerprint density at radius 3 is 2.47 bits per heavy atom. The molecule has 0 aliphatic carbocycles. The molecule has 100 valence electrons. The summed E-state index contributed by atoms with van der Waals surface area (Å²) in [6.07, 6.45) is 0. The average molecular weight is 258 g/mol. The largest absolute Gasteiger partial charge is 0.495 e. The second-order valence-corrected chi connectivity index (χ2v) is 4.68. The maximum absolute atomic E-state index is 5.91. The van der Waals surface area contributed by atoms with Crippen molar-refractivity contribution in [2.24, 2.45) is 0 Å². The predicted molar refractivity (Wildman–Crippen MR) is 75.1 cm³/mol. The molecule has 1 aromatic carbocycles. The lowest BCUT2D eigenvalue weighted by atomic mass is 10.1. The van der Waals surface area contributed by atoms with E-state index < -0.39 is 0 Å². The van der Waals surface area contributed by atoms with Crippen LogP contribution in [0.3, 0.4) is 0 Å². The maximum atomic E-state index is 5.91. The first kappa shape index (κ1) is 13.3. The summed E-state index contributed by atoms with van der Waals surface area (Å²) in [5.74, 6) is 3.06. The van der Waals surface area contributed by atoms with Crippen LogP contribution in [-0.2, 0) is 0 Å². The molecule has 0 unspecified atom stereocenters. The molecular weight excluding hydrogens is 240 g/mol. The number of nitrogen functional groups attached to an aromatic ring is 1. The van der Waals surface area contributed by atoms with E-state index in [0.29, 0.717) is 23.1 Å². The van der Waals surface area contributed by atoms with Gasteiger partial charge in [0.15, 0.2) is 5.82 Å². The summed E-state index contributed by atoms with van der Waals surface area (Å²) in [5.41, 5.74) is 7.35. The van der Waals surface area contributed by atoms with E-state index in [-0.39, 0.29) is 5.92 Å². The second kappa shape index (κ2) is 5.22. The fourth-order valence-corrected chi connectivity index (χ4v) is 1.76. The molecule has 0 spiro atoms. The highest BCUT2D eigenvalue weighted by Crippen LogP contribution is 2.27. The van der Waals surface area contributed by atoms with Crippen LogP contribution in [0.15, 0.2) is 18.2 Å². The van der Waals surface area contributed by atoms with Crippen LogP contribution in [0, 0.1) is 6.92 Å². The van der Waals surface area contributed by atoms with Gasteiger partial charge in [-0.05, 0) is 25.1 Å². The van der Waals surface area contributed by atoms with E-state index in [0.717, 1.165) is 11.4 Å². The van der Waals surface area contributed by atoms with E-state index in [1.54, 1.807) is 7.11 Å². The van der Waals surface area contributed by atoms with Gasteiger partial charge in [-0.1, -0.05) is 13.8 Å². The lowest BCUT2D eigenvalue weighted by Crippen LogP contribution is -2.04. The highest BCUT2D eigenvalue weighted by Gasteiger charge is 2.10. The minimum atomic E-state index is 0.260. The van der Waals surface area contributed by atoms with E-state index in [1.807, 2.05) is 25.1 Å². The summed E-state index contributed by atoms with van der Waals surface area (Å²) in [6.45, 7) is 5.98.